The molecule has 0 atom stereocenters. The van der Waals surface area contributed by atoms with Gasteiger partial charge >= 0.3 is 5.97 Å². The fourth-order valence-electron chi connectivity index (χ4n) is 4.93. The van der Waals surface area contributed by atoms with Crippen molar-refractivity contribution >= 4 is 26.8 Å². The summed E-state index contributed by atoms with van der Waals surface area (Å²) in [5.41, 5.74) is 5.38. The molecular weight excluding hydrogens is 462 g/mol. The van der Waals surface area contributed by atoms with E-state index in [9.17, 15) is 13.2 Å². The van der Waals surface area contributed by atoms with Crippen LogP contribution in [0.3, 0.4) is 0 Å². The van der Waals surface area contributed by atoms with Gasteiger partial charge in [-0.25, -0.2) is 13.4 Å². The molecule has 2 aromatic heterocycles. The lowest BCUT2D eigenvalue weighted by atomic mass is 9.77. The van der Waals surface area contributed by atoms with Gasteiger partial charge in [0.15, 0.2) is 9.84 Å². The number of nitrogens with one attached hydrogen (secondary N) is 1. The topological polar surface area (TPSA) is 113 Å². The van der Waals surface area contributed by atoms with Crippen molar-refractivity contribution in [2.24, 2.45) is 5.92 Å². The van der Waals surface area contributed by atoms with Crippen molar-refractivity contribution in [3.8, 4) is 22.6 Å². The summed E-state index contributed by atoms with van der Waals surface area (Å²) in [5.74, 6) is 0.733. The molecule has 0 spiro atoms. The predicted molar refractivity (Wildman–Crippen MR) is 135 cm³/mol. The highest BCUT2D eigenvalue weighted by Crippen LogP contribution is 2.37. The molecule has 180 valence electrons. The molecule has 1 aliphatic carbocycles. The number of carbonyl (C=O) groups is 1. The van der Waals surface area contributed by atoms with Gasteiger partial charge < -0.3 is 10.1 Å². The van der Waals surface area contributed by atoms with Crippen molar-refractivity contribution in [1.82, 2.24) is 15.0 Å². The lowest BCUT2D eigenvalue weighted by Crippen LogP contribution is -2.16. The molecule has 0 aliphatic heterocycles. The second kappa shape index (κ2) is 9.26. The van der Waals surface area contributed by atoms with Crippen LogP contribution in [-0.2, 0) is 14.6 Å². The summed E-state index contributed by atoms with van der Waals surface area (Å²) in [7, 11) is -3.28. The van der Waals surface area contributed by atoms with Gasteiger partial charge in [-0.05, 0) is 73.4 Å². The lowest BCUT2D eigenvalue weighted by molar-refractivity contribution is -0.138. The molecule has 0 unspecified atom stereocenters. The van der Waals surface area contributed by atoms with Gasteiger partial charge in [-0.1, -0.05) is 24.3 Å². The maximum absolute atomic E-state index is 11.8. The number of hydrogen-bond donors (Lipinski definition) is 2. The zero-order valence-corrected chi connectivity index (χ0v) is 20.3. The van der Waals surface area contributed by atoms with Crippen molar-refractivity contribution in [2.75, 3.05) is 6.26 Å². The van der Waals surface area contributed by atoms with Crippen LogP contribution in [0.2, 0.25) is 0 Å². The first kappa shape index (κ1) is 23.2. The smallest absolute Gasteiger partial charge is 0.303 e. The quantitative estimate of drug-likeness (QED) is 0.373. The third-order valence-electron chi connectivity index (χ3n) is 6.91. The Morgan fingerprint density at radius 2 is 1.71 bits per heavy atom. The van der Waals surface area contributed by atoms with E-state index in [0.29, 0.717) is 28.7 Å². The van der Waals surface area contributed by atoms with E-state index in [1.165, 1.54) is 11.8 Å². The molecule has 0 bridgehead atoms. The van der Waals surface area contributed by atoms with E-state index in [4.69, 9.17) is 5.11 Å². The number of aromatic amines is 1. The fourth-order valence-corrected chi connectivity index (χ4v) is 5.58. The maximum Gasteiger partial charge on any atom is 0.303 e. The second-order valence-corrected chi connectivity index (χ2v) is 11.4. The molecule has 2 N–H and O–H groups in total. The number of pyridine rings is 1. The van der Waals surface area contributed by atoms with E-state index < -0.39 is 15.8 Å². The Balaban J connectivity index is 1.29. The molecule has 5 rings (SSSR count). The summed E-state index contributed by atoms with van der Waals surface area (Å²) < 4.78 is 23.6. The Morgan fingerprint density at radius 3 is 2.34 bits per heavy atom. The fraction of sp³-hybridized carbons (Fsp3) is 0.296. The van der Waals surface area contributed by atoms with Crippen molar-refractivity contribution in [3.63, 3.8) is 0 Å². The first-order chi connectivity index (χ1) is 16.8. The van der Waals surface area contributed by atoms with Crippen molar-refractivity contribution in [3.05, 3.63) is 66.4 Å². The van der Waals surface area contributed by atoms with Gasteiger partial charge in [0, 0.05) is 30.0 Å². The minimum absolute atomic E-state index is 0.255. The molecule has 1 saturated carbocycles. The molecule has 7 nitrogen and oxygen atoms in total. The van der Waals surface area contributed by atoms with Gasteiger partial charge in [0.1, 0.15) is 5.82 Å². The van der Waals surface area contributed by atoms with Gasteiger partial charge in [-0.2, -0.15) is 0 Å². The first-order valence-corrected chi connectivity index (χ1v) is 13.6. The number of benzene rings is 2. The molecule has 2 aromatic carbocycles. The summed E-state index contributed by atoms with van der Waals surface area (Å²) in [6.45, 7) is 0. The van der Waals surface area contributed by atoms with E-state index >= 15 is 0 Å². The number of fused-ring (bicyclic) bond motifs is 1. The van der Waals surface area contributed by atoms with E-state index in [2.05, 4.69) is 39.2 Å². The molecule has 2 heterocycles. The van der Waals surface area contributed by atoms with E-state index in [1.807, 2.05) is 12.1 Å². The third-order valence-corrected chi connectivity index (χ3v) is 8.02. The largest absolute Gasteiger partial charge is 0.481 e. The number of carboxylic acids is 1. The van der Waals surface area contributed by atoms with Crippen molar-refractivity contribution in [1.29, 1.82) is 0 Å². The lowest BCUT2D eigenvalue weighted by Gasteiger charge is -2.28. The molecule has 1 fully saturated rings. The highest BCUT2D eigenvalue weighted by Gasteiger charge is 2.24. The zero-order chi connectivity index (χ0) is 24.6. The molecule has 4 aromatic rings. The summed E-state index contributed by atoms with van der Waals surface area (Å²) in [6.07, 6.45) is 7.25. The van der Waals surface area contributed by atoms with Crippen LogP contribution in [0, 0.1) is 5.92 Å². The molecule has 0 amide bonds. The third kappa shape index (κ3) is 5.12. The van der Waals surface area contributed by atoms with Crippen LogP contribution >= 0.6 is 0 Å². The van der Waals surface area contributed by atoms with Crippen molar-refractivity contribution in [2.45, 2.75) is 42.9 Å². The normalized spacial score (nSPS) is 18.5. The van der Waals surface area contributed by atoms with E-state index in [-0.39, 0.29) is 11.3 Å². The SMILES string of the molecule is CS(=O)(=O)c1ccc2nc(-c3ccc(-c4ccc(C5CCC(CC(=O)O)CC5)cc4)nc3)[nH]c2c1. The van der Waals surface area contributed by atoms with Crippen LogP contribution in [-0.4, -0.2) is 40.7 Å². The Hall–Kier alpha value is -3.52. The predicted octanol–water partition coefficient (Wildman–Crippen LogP) is 5.44. The number of aliphatic carboxylic acids is 1. The average molecular weight is 490 g/mol. The van der Waals surface area contributed by atoms with Crippen LogP contribution in [0.4, 0.5) is 0 Å². The first-order valence-electron chi connectivity index (χ1n) is 11.7. The number of hydrogen-bond acceptors (Lipinski definition) is 5. The Kier molecular flexibility index (Phi) is 6.15. The van der Waals surface area contributed by atoms with E-state index in [0.717, 1.165) is 42.5 Å². The number of sulfone groups is 1. The molecule has 0 radical (unpaired) electrons. The van der Waals surface area contributed by atoms with Gasteiger partial charge in [0.05, 0.1) is 21.6 Å². The summed E-state index contributed by atoms with van der Waals surface area (Å²) in [4.78, 5) is 23.6. The standard InChI is InChI=1S/C27H27N3O4S/c1-35(33,34)22-11-13-24-25(15-22)30-27(29-24)21-10-12-23(28-16-21)20-8-6-19(7-9-20)18-4-2-17(3-5-18)14-26(31)32/h6-13,15-18H,2-5,14H2,1H3,(H,29,30)(H,31,32). The molecular formula is C27H27N3O4S. The minimum atomic E-state index is -3.28. The number of aromatic nitrogens is 3. The summed E-state index contributed by atoms with van der Waals surface area (Å²) >= 11 is 0. The Bertz CT molecular complexity index is 1470. The number of carboxylic acid groups (broad SMARTS) is 1. The molecule has 35 heavy (non-hydrogen) atoms. The van der Waals surface area contributed by atoms with Crippen LogP contribution in [0.25, 0.3) is 33.7 Å². The average Bonchev–Trinajstić information content (AvgIpc) is 3.28. The summed E-state index contributed by atoms with van der Waals surface area (Å²) in [5, 5.41) is 9.01. The van der Waals surface area contributed by atoms with Crippen LogP contribution in [0.15, 0.2) is 65.7 Å². The maximum atomic E-state index is 11.8. The summed E-state index contributed by atoms with van der Waals surface area (Å²) in [6, 6.07) is 17.3. The number of H-pyrrole nitrogens is 1. The van der Waals surface area contributed by atoms with Crippen LogP contribution in [0.5, 0.6) is 0 Å². The monoisotopic (exact) mass is 489 g/mol. The molecule has 1 aliphatic rings. The Labute approximate surface area is 204 Å². The molecule has 0 saturated heterocycles. The molecule has 8 heteroatoms. The van der Waals surface area contributed by atoms with Gasteiger partial charge in [0.2, 0.25) is 0 Å². The highest BCUT2D eigenvalue weighted by molar-refractivity contribution is 7.90. The van der Waals surface area contributed by atoms with Crippen LogP contribution < -0.4 is 0 Å². The number of imidazole rings is 1. The second-order valence-electron chi connectivity index (χ2n) is 9.41. The number of nitrogens with zero attached hydrogens (tertiary/aromatic N) is 2. The van der Waals surface area contributed by atoms with E-state index in [1.54, 1.807) is 24.4 Å². The number of rotatable bonds is 6. The highest BCUT2D eigenvalue weighted by atomic mass is 32.2. The minimum Gasteiger partial charge on any atom is -0.481 e. The van der Waals surface area contributed by atoms with Gasteiger partial charge in [-0.3, -0.25) is 9.78 Å². The Morgan fingerprint density at radius 1 is 1.00 bits per heavy atom. The van der Waals surface area contributed by atoms with Gasteiger partial charge in [-0.15, -0.1) is 0 Å². The zero-order valence-electron chi connectivity index (χ0n) is 19.4. The van der Waals surface area contributed by atoms with Gasteiger partial charge in [0.25, 0.3) is 0 Å². The van der Waals surface area contributed by atoms with Crippen molar-refractivity contribution < 1.29 is 18.3 Å². The van der Waals surface area contributed by atoms with Crippen LogP contribution in [0.1, 0.15) is 43.6 Å².